The molecule has 0 spiro atoms. The molecule has 1 amide bonds. The van der Waals surface area contributed by atoms with Crippen molar-refractivity contribution in [3.8, 4) is 0 Å². The molecule has 0 bridgehead atoms. The number of ether oxygens (including phenoxy) is 1. The van der Waals surface area contributed by atoms with Crippen LogP contribution in [0.2, 0.25) is 0 Å². The van der Waals surface area contributed by atoms with E-state index in [4.69, 9.17) is 4.74 Å². The van der Waals surface area contributed by atoms with Crippen LogP contribution in [0.4, 0.5) is 0 Å². The van der Waals surface area contributed by atoms with Crippen molar-refractivity contribution < 1.29 is 9.53 Å². The third-order valence-corrected chi connectivity index (χ3v) is 4.77. The molecule has 2 atom stereocenters. The summed E-state index contributed by atoms with van der Waals surface area (Å²) in [5, 5.41) is 3.44. The lowest BCUT2D eigenvalue weighted by Gasteiger charge is -2.33. The van der Waals surface area contributed by atoms with E-state index in [0.717, 1.165) is 39.1 Å². The normalized spacial score (nSPS) is 26.9. The third kappa shape index (κ3) is 4.18. The van der Waals surface area contributed by atoms with Gasteiger partial charge in [-0.05, 0) is 50.6 Å². The largest absolute Gasteiger partial charge is 0.381 e. The second-order valence-electron chi connectivity index (χ2n) is 6.14. The third-order valence-electron chi connectivity index (χ3n) is 4.77. The summed E-state index contributed by atoms with van der Waals surface area (Å²) in [4.78, 5) is 14.3. The molecule has 2 saturated heterocycles. The molecule has 2 heterocycles. The number of carbonyl (C=O) groups excluding carboxylic acids is 1. The molecule has 0 aliphatic carbocycles. The molecule has 2 fully saturated rings. The summed E-state index contributed by atoms with van der Waals surface area (Å²) in [7, 11) is 1.96. The predicted octanol–water partition coefficient (Wildman–Crippen LogP) is 1.65. The van der Waals surface area contributed by atoms with Crippen LogP contribution in [-0.2, 0) is 9.53 Å². The highest BCUT2D eigenvalue weighted by atomic mass is 16.5. The summed E-state index contributed by atoms with van der Waals surface area (Å²) in [6.45, 7) is 6.04. The van der Waals surface area contributed by atoms with E-state index < -0.39 is 0 Å². The average molecular weight is 268 g/mol. The van der Waals surface area contributed by atoms with Gasteiger partial charge in [-0.15, -0.1) is 0 Å². The lowest BCUT2D eigenvalue weighted by molar-refractivity contribution is -0.135. The van der Waals surface area contributed by atoms with E-state index in [9.17, 15) is 4.79 Å². The van der Waals surface area contributed by atoms with E-state index in [0.29, 0.717) is 30.2 Å². The van der Waals surface area contributed by atoms with Crippen molar-refractivity contribution >= 4 is 5.91 Å². The van der Waals surface area contributed by atoms with Crippen LogP contribution in [0, 0.1) is 11.8 Å². The number of carbonyl (C=O) groups is 1. The number of nitrogens with zero attached hydrogens (tertiary/aromatic N) is 1. The Bertz CT molecular complexity index is 284. The molecule has 0 aromatic rings. The minimum absolute atomic E-state index is 0.310. The van der Waals surface area contributed by atoms with Crippen molar-refractivity contribution in [2.24, 2.45) is 11.8 Å². The molecule has 4 heteroatoms. The number of hydrogen-bond donors (Lipinski definition) is 1. The summed E-state index contributed by atoms with van der Waals surface area (Å²) >= 11 is 0. The van der Waals surface area contributed by atoms with E-state index in [1.807, 2.05) is 11.9 Å². The van der Waals surface area contributed by atoms with Gasteiger partial charge in [0, 0.05) is 32.7 Å². The highest BCUT2D eigenvalue weighted by molar-refractivity contribution is 5.76. The van der Waals surface area contributed by atoms with Crippen molar-refractivity contribution in [3.05, 3.63) is 0 Å². The highest BCUT2D eigenvalue weighted by Crippen LogP contribution is 2.24. The van der Waals surface area contributed by atoms with Gasteiger partial charge < -0.3 is 15.0 Å². The molecular weight excluding hydrogens is 240 g/mol. The molecule has 110 valence electrons. The van der Waals surface area contributed by atoms with Crippen LogP contribution in [-0.4, -0.2) is 50.2 Å². The summed E-state index contributed by atoms with van der Waals surface area (Å²) in [5.74, 6) is 1.47. The first-order chi connectivity index (χ1) is 9.18. The lowest BCUT2D eigenvalue weighted by Crippen LogP contribution is -2.42. The van der Waals surface area contributed by atoms with Crippen LogP contribution in [0.5, 0.6) is 0 Å². The Morgan fingerprint density at radius 3 is 2.74 bits per heavy atom. The SMILES string of the molecule is CC(CC(=O)N(C)C1CCOCC1)C1CCCNC1. The topological polar surface area (TPSA) is 41.6 Å². The molecule has 2 aliphatic rings. The van der Waals surface area contributed by atoms with Gasteiger partial charge in [-0.2, -0.15) is 0 Å². The molecule has 19 heavy (non-hydrogen) atoms. The second-order valence-corrected chi connectivity index (χ2v) is 6.14. The average Bonchev–Trinajstić information content (AvgIpc) is 2.48. The Morgan fingerprint density at radius 1 is 1.37 bits per heavy atom. The highest BCUT2D eigenvalue weighted by Gasteiger charge is 2.26. The first kappa shape index (κ1) is 14.8. The fourth-order valence-corrected chi connectivity index (χ4v) is 3.23. The van der Waals surface area contributed by atoms with Crippen molar-refractivity contribution in [2.45, 2.75) is 45.1 Å². The first-order valence-corrected chi connectivity index (χ1v) is 7.72. The monoisotopic (exact) mass is 268 g/mol. The summed E-state index contributed by atoms with van der Waals surface area (Å²) in [6.07, 6.45) is 5.19. The molecule has 0 saturated carbocycles. The van der Waals surface area contributed by atoms with Crippen LogP contribution in [0.3, 0.4) is 0 Å². The van der Waals surface area contributed by atoms with Crippen LogP contribution in [0.15, 0.2) is 0 Å². The zero-order valence-electron chi connectivity index (χ0n) is 12.4. The van der Waals surface area contributed by atoms with Crippen molar-refractivity contribution in [1.29, 1.82) is 0 Å². The number of hydrogen-bond acceptors (Lipinski definition) is 3. The maximum atomic E-state index is 12.4. The standard InChI is InChI=1S/C15H28N2O2/c1-12(13-4-3-7-16-11-13)10-15(18)17(2)14-5-8-19-9-6-14/h12-14,16H,3-11H2,1-2H3. The second kappa shape index (κ2) is 7.25. The van der Waals surface area contributed by atoms with E-state index in [1.54, 1.807) is 0 Å². The fourth-order valence-electron chi connectivity index (χ4n) is 3.23. The zero-order valence-corrected chi connectivity index (χ0v) is 12.4. The van der Waals surface area contributed by atoms with Crippen molar-refractivity contribution in [1.82, 2.24) is 10.2 Å². The van der Waals surface area contributed by atoms with E-state index in [1.165, 1.54) is 12.8 Å². The van der Waals surface area contributed by atoms with Gasteiger partial charge >= 0.3 is 0 Å². The minimum atomic E-state index is 0.310. The quantitative estimate of drug-likeness (QED) is 0.843. The molecule has 1 N–H and O–H groups in total. The van der Waals surface area contributed by atoms with Crippen molar-refractivity contribution in [2.75, 3.05) is 33.4 Å². The minimum Gasteiger partial charge on any atom is -0.381 e. The van der Waals surface area contributed by atoms with E-state index >= 15 is 0 Å². The molecule has 0 aromatic heterocycles. The Labute approximate surface area is 116 Å². The summed E-state index contributed by atoms with van der Waals surface area (Å²) in [6, 6.07) is 0.387. The van der Waals surface area contributed by atoms with Gasteiger partial charge in [0.1, 0.15) is 0 Å². The number of nitrogens with one attached hydrogen (secondary N) is 1. The Morgan fingerprint density at radius 2 is 2.11 bits per heavy atom. The molecule has 0 radical (unpaired) electrons. The predicted molar refractivity (Wildman–Crippen MR) is 76.0 cm³/mol. The van der Waals surface area contributed by atoms with Gasteiger partial charge in [-0.1, -0.05) is 6.92 Å². The smallest absolute Gasteiger partial charge is 0.222 e. The molecule has 2 aliphatic heterocycles. The Hall–Kier alpha value is -0.610. The Kier molecular flexibility index (Phi) is 5.64. The lowest BCUT2D eigenvalue weighted by atomic mass is 9.85. The van der Waals surface area contributed by atoms with E-state index in [-0.39, 0.29) is 0 Å². The van der Waals surface area contributed by atoms with Gasteiger partial charge in [-0.25, -0.2) is 0 Å². The van der Waals surface area contributed by atoms with Crippen molar-refractivity contribution in [3.63, 3.8) is 0 Å². The first-order valence-electron chi connectivity index (χ1n) is 7.72. The summed E-state index contributed by atoms with van der Waals surface area (Å²) < 4.78 is 5.36. The maximum Gasteiger partial charge on any atom is 0.222 e. The van der Waals surface area contributed by atoms with Gasteiger partial charge in [-0.3, -0.25) is 4.79 Å². The number of piperidine rings is 1. The molecule has 2 rings (SSSR count). The van der Waals surface area contributed by atoms with Gasteiger partial charge in [0.15, 0.2) is 0 Å². The fraction of sp³-hybridized carbons (Fsp3) is 0.933. The number of rotatable bonds is 4. The Balaban J connectivity index is 1.78. The van der Waals surface area contributed by atoms with Gasteiger partial charge in [0.05, 0.1) is 0 Å². The summed E-state index contributed by atoms with van der Waals surface area (Å²) in [5.41, 5.74) is 0. The van der Waals surface area contributed by atoms with Gasteiger partial charge in [0.25, 0.3) is 0 Å². The molecule has 2 unspecified atom stereocenters. The maximum absolute atomic E-state index is 12.4. The molecule has 4 nitrogen and oxygen atoms in total. The van der Waals surface area contributed by atoms with Crippen LogP contribution >= 0.6 is 0 Å². The number of amides is 1. The zero-order chi connectivity index (χ0) is 13.7. The van der Waals surface area contributed by atoms with Gasteiger partial charge in [0.2, 0.25) is 5.91 Å². The van der Waals surface area contributed by atoms with Crippen LogP contribution in [0.25, 0.3) is 0 Å². The molecular formula is C15H28N2O2. The van der Waals surface area contributed by atoms with Crippen LogP contribution < -0.4 is 5.32 Å². The van der Waals surface area contributed by atoms with Crippen LogP contribution in [0.1, 0.15) is 39.0 Å². The van der Waals surface area contributed by atoms with E-state index in [2.05, 4.69) is 12.2 Å². The molecule has 0 aromatic carbocycles.